The van der Waals surface area contributed by atoms with E-state index in [1.54, 1.807) is 0 Å². The van der Waals surface area contributed by atoms with Gasteiger partial charge in [0.2, 0.25) is 11.8 Å². The minimum atomic E-state index is -0.515. The molecule has 3 heterocycles. The summed E-state index contributed by atoms with van der Waals surface area (Å²) in [6.07, 6.45) is 3.24. The Kier molecular flexibility index (Phi) is 7.03. The van der Waals surface area contributed by atoms with Gasteiger partial charge in [-0.3, -0.25) is 0 Å². The maximum Gasteiger partial charge on any atom is 0.407 e. The molecule has 2 aromatic heterocycles. The molecule has 1 N–H and O–H groups in total. The predicted molar refractivity (Wildman–Crippen MR) is 107 cm³/mol. The quantitative estimate of drug-likeness (QED) is 0.704. The van der Waals surface area contributed by atoms with Crippen molar-refractivity contribution in [2.75, 3.05) is 31.1 Å². The van der Waals surface area contributed by atoms with Gasteiger partial charge in [-0.2, -0.15) is 0 Å². The van der Waals surface area contributed by atoms with Gasteiger partial charge in [-0.25, -0.2) is 9.78 Å². The molecule has 9 nitrogen and oxygen atoms in total. The lowest BCUT2D eigenvalue weighted by Gasteiger charge is -2.31. The van der Waals surface area contributed by atoms with Crippen molar-refractivity contribution in [3.05, 3.63) is 36.2 Å². The number of aromatic nitrogens is 3. The Balaban J connectivity index is 1.35. The monoisotopic (exact) mass is 403 g/mol. The van der Waals surface area contributed by atoms with Crippen LogP contribution in [0.2, 0.25) is 0 Å². The number of rotatable bonds is 7. The maximum absolute atomic E-state index is 11.5. The van der Waals surface area contributed by atoms with Gasteiger partial charge in [0.15, 0.2) is 0 Å². The Morgan fingerprint density at radius 3 is 2.76 bits per heavy atom. The highest BCUT2D eigenvalue weighted by molar-refractivity contribution is 5.67. The average molecular weight is 403 g/mol. The number of amides is 1. The van der Waals surface area contributed by atoms with E-state index in [1.165, 1.54) is 0 Å². The van der Waals surface area contributed by atoms with E-state index in [2.05, 4.69) is 25.4 Å². The summed E-state index contributed by atoms with van der Waals surface area (Å²) in [6.45, 7) is 8.17. The van der Waals surface area contributed by atoms with E-state index in [0.717, 1.165) is 31.7 Å². The first kappa shape index (κ1) is 21.0. The Bertz CT molecular complexity index is 767. The van der Waals surface area contributed by atoms with Gasteiger partial charge in [0, 0.05) is 31.7 Å². The van der Waals surface area contributed by atoms with E-state index >= 15 is 0 Å². The van der Waals surface area contributed by atoms with Gasteiger partial charge in [-0.1, -0.05) is 6.07 Å². The zero-order chi connectivity index (χ0) is 20.7. The topological polar surface area (TPSA) is 103 Å². The van der Waals surface area contributed by atoms with Crippen LogP contribution in [-0.2, 0) is 16.1 Å². The van der Waals surface area contributed by atoms with Crippen molar-refractivity contribution in [1.82, 2.24) is 20.5 Å². The van der Waals surface area contributed by atoms with Crippen molar-refractivity contribution in [1.29, 1.82) is 0 Å². The summed E-state index contributed by atoms with van der Waals surface area (Å²) in [5.41, 5.74) is -0.515. The molecule has 0 saturated carbocycles. The van der Waals surface area contributed by atoms with Crippen LogP contribution in [0.5, 0.6) is 0 Å². The molecule has 0 aliphatic carbocycles. The number of nitrogens with one attached hydrogen (secondary N) is 1. The van der Waals surface area contributed by atoms with Crippen LogP contribution >= 0.6 is 0 Å². The Labute approximate surface area is 170 Å². The summed E-state index contributed by atoms with van der Waals surface area (Å²) >= 11 is 0. The highest BCUT2D eigenvalue weighted by Crippen LogP contribution is 2.29. The summed E-state index contributed by atoms with van der Waals surface area (Å²) in [5.74, 6) is 2.37. The molecular weight excluding hydrogens is 374 g/mol. The van der Waals surface area contributed by atoms with E-state index in [4.69, 9.17) is 13.9 Å². The molecule has 0 unspecified atom stereocenters. The number of carbonyl (C=O) groups is 1. The molecule has 9 heteroatoms. The third kappa shape index (κ3) is 6.70. The molecule has 3 rings (SSSR count). The summed E-state index contributed by atoms with van der Waals surface area (Å²) in [5, 5.41) is 10.9. The van der Waals surface area contributed by atoms with Crippen LogP contribution in [-0.4, -0.2) is 53.1 Å². The van der Waals surface area contributed by atoms with Gasteiger partial charge >= 0.3 is 6.09 Å². The third-order valence-electron chi connectivity index (χ3n) is 4.44. The van der Waals surface area contributed by atoms with Crippen molar-refractivity contribution in [3.8, 4) is 0 Å². The van der Waals surface area contributed by atoms with E-state index in [9.17, 15) is 4.79 Å². The average Bonchev–Trinajstić information content (AvgIpc) is 3.16. The summed E-state index contributed by atoms with van der Waals surface area (Å²) in [4.78, 5) is 18.2. The number of hydrogen-bond acceptors (Lipinski definition) is 8. The molecule has 29 heavy (non-hydrogen) atoms. The predicted octanol–water partition coefficient (Wildman–Crippen LogP) is 2.89. The van der Waals surface area contributed by atoms with Crippen molar-refractivity contribution < 1.29 is 18.7 Å². The van der Waals surface area contributed by atoms with Crippen LogP contribution in [0.1, 0.15) is 51.3 Å². The lowest BCUT2D eigenvalue weighted by Crippen LogP contribution is -2.34. The van der Waals surface area contributed by atoms with Crippen LogP contribution < -0.4 is 10.2 Å². The van der Waals surface area contributed by atoms with Crippen LogP contribution in [0.15, 0.2) is 28.8 Å². The number of ether oxygens (including phenoxy) is 2. The lowest BCUT2D eigenvalue weighted by atomic mass is 9.97. The van der Waals surface area contributed by atoms with Crippen molar-refractivity contribution in [2.24, 2.45) is 0 Å². The number of carbonyl (C=O) groups excluding carboxylic acids is 1. The minimum Gasteiger partial charge on any atom is -0.444 e. The Hall–Kier alpha value is -2.68. The zero-order valence-electron chi connectivity index (χ0n) is 17.3. The van der Waals surface area contributed by atoms with E-state index in [1.807, 2.05) is 45.2 Å². The second-order valence-electron chi connectivity index (χ2n) is 7.96. The van der Waals surface area contributed by atoms with Gasteiger partial charge in [0.25, 0.3) is 0 Å². The number of hydrogen-bond donors (Lipinski definition) is 1. The van der Waals surface area contributed by atoms with Crippen LogP contribution in [0, 0.1) is 0 Å². The van der Waals surface area contributed by atoms with Crippen LogP contribution in [0.4, 0.5) is 10.6 Å². The number of piperidine rings is 1. The summed E-state index contributed by atoms with van der Waals surface area (Å²) < 4.78 is 16.4. The first-order chi connectivity index (χ1) is 13.9. The SMILES string of the molecule is CC(C)(C)OC(=O)NCCOCc1nnc(C2CCN(c3ccccn3)CC2)o1. The number of alkyl carbamates (subject to hydrolysis) is 1. The number of pyridine rings is 1. The van der Waals surface area contributed by atoms with Gasteiger partial charge < -0.3 is 24.1 Å². The zero-order valence-corrected chi connectivity index (χ0v) is 17.3. The summed E-state index contributed by atoms with van der Waals surface area (Å²) in [7, 11) is 0. The van der Waals surface area contributed by atoms with Crippen molar-refractivity contribution in [3.63, 3.8) is 0 Å². The highest BCUT2D eigenvalue weighted by atomic mass is 16.6. The molecular formula is C20H29N5O4. The van der Waals surface area contributed by atoms with E-state index in [-0.39, 0.29) is 12.5 Å². The Morgan fingerprint density at radius 2 is 2.07 bits per heavy atom. The fourth-order valence-electron chi connectivity index (χ4n) is 3.09. The third-order valence-corrected chi connectivity index (χ3v) is 4.44. The smallest absolute Gasteiger partial charge is 0.407 e. The van der Waals surface area contributed by atoms with Crippen LogP contribution in [0.3, 0.4) is 0 Å². The van der Waals surface area contributed by atoms with E-state index < -0.39 is 11.7 Å². The van der Waals surface area contributed by atoms with Gasteiger partial charge in [0.1, 0.15) is 18.0 Å². The number of nitrogens with zero attached hydrogens (tertiary/aromatic N) is 4. The molecule has 0 bridgehead atoms. The molecule has 1 aliphatic heterocycles. The van der Waals surface area contributed by atoms with Gasteiger partial charge in [-0.15, -0.1) is 10.2 Å². The molecule has 1 saturated heterocycles. The largest absolute Gasteiger partial charge is 0.444 e. The second kappa shape index (κ2) is 9.69. The molecule has 0 aromatic carbocycles. The minimum absolute atomic E-state index is 0.218. The molecule has 1 fully saturated rings. The number of anilines is 1. The maximum atomic E-state index is 11.5. The first-order valence-electron chi connectivity index (χ1n) is 9.93. The molecule has 2 aromatic rings. The van der Waals surface area contributed by atoms with E-state index in [0.29, 0.717) is 24.9 Å². The Morgan fingerprint density at radius 1 is 1.28 bits per heavy atom. The molecule has 0 atom stereocenters. The van der Waals surface area contributed by atoms with Gasteiger partial charge in [-0.05, 0) is 45.7 Å². The van der Waals surface area contributed by atoms with Crippen molar-refractivity contribution >= 4 is 11.9 Å². The highest BCUT2D eigenvalue weighted by Gasteiger charge is 2.25. The fourth-order valence-corrected chi connectivity index (χ4v) is 3.09. The molecule has 158 valence electrons. The lowest BCUT2D eigenvalue weighted by molar-refractivity contribution is 0.0485. The summed E-state index contributed by atoms with van der Waals surface area (Å²) in [6, 6.07) is 5.95. The van der Waals surface area contributed by atoms with Crippen LogP contribution in [0.25, 0.3) is 0 Å². The molecule has 1 amide bonds. The second-order valence-corrected chi connectivity index (χ2v) is 7.96. The fraction of sp³-hybridized carbons (Fsp3) is 0.600. The molecule has 0 spiro atoms. The van der Waals surface area contributed by atoms with Crippen molar-refractivity contribution in [2.45, 2.75) is 51.7 Å². The molecule has 0 radical (unpaired) electrons. The standard InChI is InChI=1S/C20H29N5O4/c1-20(2,3)29-19(26)22-10-13-27-14-17-23-24-18(28-17)15-7-11-25(12-8-15)16-6-4-5-9-21-16/h4-6,9,15H,7-8,10-14H2,1-3H3,(H,22,26). The first-order valence-corrected chi connectivity index (χ1v) is 9.93. The molecule has 1 aliphatic rings. The normalized spacial score (nSPS) is 15.3. The van der Waals surface area contributed by atoms with Gasteiger partial charge in [0.05, 0.1) is 6.61 Å².